The van der Waals surface area contributed by atoms with E-state index >= 15 is 0 Å². The first-order chi connectivity index (χ1) is 18.2. The summed E-state index contributed by atoms with van der Waals surface area (Å²) in [5.74, 6) is 2.88. The molecule has 0 bridgehead atoms. The summed E-state index contributed by atoms with van der Waals surface area (Å²) >= 11 is 0. The van der Waals surface area contributed by atoms with Gasteiger partial charge in [-0.2, -0.15) is 0 Å². The Balaban J connectivity index is 2.09. The molecule has 0 amide bonds. The van der Waals surface area contributed by atoms with Gasteiger partial charge in [0.1, 0.15) is 0 Å². The molecule has 11 heteroatoms. The Labute approximate surface area is 222 Å². The van der Waals surface area contributed by atoms with Crippen molar-refractivity contribution in [2.24, 2.45) is 0 Å². The van der Waals surface area contributed by atoms with Gasteiger partial charge >= 0.3 is 0 Å². The molecule has 0 aromatic heterocycles. The predicted octanol–water partition coefficient (Wildman–Crippen LogP) is 4.72. The summed E-state index contributed by atoms with van der Waals surface area (Å²) in [5.41, 5.74) is 1.50. The van der Waals surface area contributed by atoms with Crippen LogP contribution in [0.5, 0.6) is 40.2 Å². The van der Waals surface area contributed by atoms with Crippen molar-refractivity contribution in [3.8, 4) is 40.2 Å². The molecule has 0 heterocycles. The molecule has 0 aliphatic heterocycles. The van der Waals surface area contributed by atoms with E-state index in [4.69, 9.17) is 33.2 Å². The van der Waals surface area contributed by atoms with Crippen LogP contribution in [-0.2, 0) is 10.0 Å². The summed E-state index contributed by atoms with van der Waals surface area (Å²) < 4.78 is 66.9. The Morgan fingerprint density at radius 3 is 1.63 bits per heavy atom. The van der Waals surface area contributed by atoms with Crippen LogP contribution in [0, 0.1) is 0 Å². The fourth-order valence-corrected chi connectivity index (χ4v) is 4.79. The van der Waals surface area contributed by atoms with E-state index in [1.54, 1.807) is 36.4 Å². The van der Waals surface area contributed by atoms with Gasteiger partial charge in [0, 0.05) is 17.7 Å². The van der Waals surface area contributed by atoms with E-state index in [1.807, 2.05) is 0 Å². The molecule has 0 spiro atoms. The number of nitrogens with one attached hydrogen (secondary N) is 1. The molecular weight excluding hydrogens is 514 g/mol. The average molecular weight is 546 g/mol. The lowest BCUT2D eigenvalue weighted by Gasteiger charge is -2.16. The second kappa shape index (κ2) is 12.3. The quantitative estimate of drug-likeness (QED) is 0.323. The molecule has 204 valence electrons. The second-order valence-electron chi connectivity index (χ2n) is 7.71. The van der Waals surface area contributed by atoms with Gasteiger partial charge in [-0.3, -0.25) is 4.72 Å². The first kappa shape index (κ1) is 28.3. The molecule has 0 atom stereocenters. The van der Waals surface area contributed by atoms with Gasteiger partial charge in [-0.15, -0.1) is 0 Å². The molecule has 0 unspecified atom stereocenters. The van der Waals surface area contributed by atoms with Gasteiger partial charge in [0.15, 0.2) is 34.5 Å². The van der Waals surface area contributed by atoms with Gasteiger partial charge < -0.3 is 33.2 Å². The fourth-order valence-electron chi connectivity index (χ4n) is 3.69. The number of ether oxygens (including phenoxy) is 7. The summed E-state index contributed by atoms with van der Waals surface area (Å²) in [6.45, 7) is 0. The third-order valence-corrected chi connectivity index (χ3v) is 6.97. The lowest BCUT2D eigenvalue weighted by Crippen LogP contribution is -2.14. The normalized spacial score (nSPS) is 11.1. The molecule has 0 radical (unpaired) electrons. The van der Waals surface area contributed by atoms with Gasteiger partial charge in [-0.05, 0) is 35.9 Å². The molecule has 38 heavy (non-hydrogen) atoms. The monoisotopic (exact) mass is 545 g/mol. The van der Waals surface area contributed by atoms with E-state index in [0.29, 0.717) is 40.1 Å². The Morgan fingerprint density at radius 1 is 0.579 bits per heavy atom. The molecular formula is C27H31NO9S. The Morgan fingerprint density at radius 2 is 1.11 bits per heavy atom. The van der Waals surface area contributed by atoms with E-state index in [9.17, 15) is 8.42 Å². The van der Waals surface area contributed by atoms with Crippen LogP contribution in [0.1, 0.15) is 11.1 Å². The highest BCUT2D eigenvalue weighted by Crippen LogP contribution is 2.40. The van der Waals surface area contributed by atoms with E-state index in [-0.39, 0.29) is 16.3 Å². The van der Waals surface area contributed by atoms with Crippen molar-refractivity contribution in [3.05, 3.63) is 53.6 Å². The predicted molar refractivity (Wildman–Crippen MR) is 145 cm³/mol. The topological polar surface area (TPSA) is 111 Å². The molecule has 3 rings (SSSR count). The number of benzene rings is 3. The Kier molecular flexibility index (Phi) is 9.19. The fraction of sp³-hybridized carbons (Fsp3) is 0.259. The van der Waals surface area contributed by atoms with Crippen LogP contribution in [0.15, 0.2) is 47.4 Å². The highest BCUT2D eigenvalue weighted by molar-refractivity contribution is 7.92. The van der Waals surface area contributed by atoms with Crippen LogP contribution in [-0.4, -0.2) is 58.2 Å². The van der Waals surface area contributed by atoms with E-state index in [1.165, 1.54) is 68.0 Å². The minimum Gasteiger partial charge on any atom is -0.493 e. The van der Waals surface area contributed by atoms with Gasteiger partial charge in [0.05, 0.1) is 60.4 Å². The zero-order valence-corrected chi connectivity index (χ0v) is 23.1. The Bertz CT molecular complexity index is 1390. The molecule has 0 saturated carbocycles. The standard InChI is InChI=1S/C27H31NO9S/c1-31-21-11-10-19(15-23(21)33-3)38(29,30)28-20-16-24(34-4)22(32-2)14-18(20)9-8-17-12-25(35-5)27(37-7)26(13-17)36-6/h8-16,28H,1-7H3. The number of methoxy groups -OCH3 is 7. The van der Waals surface area contributed by atoms with Crippen LogP contribution < -0.4 is 37.9 Å². The van der Waals surface area contributed by atoms with Gasteiger partial charge in [-0.25, -0.2) is 8.42 Å². The lowest BCUT2D eigenvalue weighted by molar-refractivity contribution is 0.324. The van der Waals surface area contributed by atoms with Crippen molar-refractivity contribution < 1.29 is 41.6 Å². The molecule has 3 aromatic rings. The van der Waals surface area contributed by atoms with Gasteiger partial charge in [0.2, 0.25) is 5.75 Å². The van der Waals surface area contributed by atoms with E-state index in [2.05, 4.69) is 4.72 Å². The highest BCUT2D eigenvalue weighted by Gasteiger charge is 2.20. The molecule has 1 N–H and O–H groups in total. The largest absolute Gasteiger partial charge is 0.493 e. The summed E-state index contributed by atoms with van der Waals surface area (Å²) in [7, 11) is 6.43. The van der Waals surface area contributed by atoms with Crippen molar-refractivity contribution in [1.29, 1.82) is 0 Å². The van der Waals surface area contributed by atoms with Crippen LogP contribution >= 0.6 is 0 Å². The summed E-state index contributed by atoms with van der Waals surface area (Å²) in [6.07, 6.45) is 3.51. The lowest BCUT2D eigenvalue weighted by atomic mass is 10.1. The van der Waals surface area contributed by atoms with Gasteiger partial charge in [0.25, 0.3) is 10.0 Å². The third kappa shape index (κ3) is 6.00. The number of anilines is 1. The van der Waals surface area contributed by atoms with Crippen LogP contribution in [0.4, 0.5) is 5.69 Å². The van der Waals surface area contributed by atoms with Gasteiger partial charge in [-0.1, -0.05) is 12.2 Å². The number of hydrogen-bond acceptors (Lipinski definition) is 9. The molecule has 0 aliphatic rings. The van der Waals surface area contributed by atoms with Crippen molar-refractivity contribution in [3.63, 3.8) is 0 Å². The number of rotatable bonds is 12. The van der Waals surface area contributed by atoms with Crippen molar-refractivity contribution in [2.45, 2.75) is 4.90 Å². The van der Waals surface area contributed by atoms with Crippen LogP contribution in [0.25, 0.3) is 12.2 Å². The second-order valence-corrected chi connectivity index (χ2v) is 9.39. The summed E-state index contributed by atoms with van der Waals surface area (Å²) in [4.78, 5) is -0.00973. The average Bonchev–Trinajstić information content (AvgIpc) is 2.94. The Hall–Kier alpha value is -4.25. The number of hydrogen-bond donors (Lipinski definition) is 1. The molecule has 3 aromatic carbocycles. The maximum Gasteiger partial charge on any atom is 0.262 e. The van der Waals surface area contributed by atoms with E-state index < -0.39 is 10.0 Å². The maximum atomic E-state index is 13.3. The first-order valence-electron chi connectivity index (χ1n) is 11.2. The minimum absolute atomic E-state index is 0.00973. The van der Waals surface area contributed by atoms with Crippen molar-refractivity contribution >= 4 is 27.9 Å². The summed E-state index contributed by atoms with van der Waals surface area (Å²) in [5, 5.41) is 0. The zero-order valence-electron chi connectivity index (χ0n) is 22.3. The third-order valence-electron chi connectivity index (χ3n) is 5.61. The SMILES string of the molecule is COc1ccc(S(=O)(=O)Nc2cc(OC)c(OC)cc2C=Cc2cc(OC)c(OC)c(OC)c2)cc1OC. The summed E-state index contributed by atoms with van der Waals surface area (Å²) in [6, 6.07) is 11.1. The number of sulfonamides is 1. The van der Waals surface area contributed by atoms with Crippen LogP contribution in [0.2, 0.25) is 0 Å². The molecule has 0 fully saturated rings. The van der Waals surface area contributed by atoms with Crippen molar-refractivity contribution in [2.75, 3.05) is 54.5 Å². The minimum atomic E-state index is -4.02. The van der Waals surface area contributed by atoms with Crippen molar-refractivity contribution in [1.82, 2.24) is 0 Å². The van der Waals surface area contributed by atoms with E-state index in [0.717, 1.165) is 5.56 Å². The first-order valence-corrected chi connectivity index (χ1v) is 12.7. The highest BCUT2D eigenvalue weighted by atomic mass is 32.2. The smallest absolute Gasteiger partial charge is 0.262 e. The molecule has 10 nitrogen and oxygen atoms in total. The van der Waals surface area contributed by atoms with Crippen LogP contribution in [0.3, 0.4) is 0 Å². The zero-order chi connectivity index (χ0) is 27.9. The molecule has 0 aliphatic carbocycles. The molecule has 0 saturated heterocycles. The maximum absolute atomic E-state index is 13.3.